The van der Waals surface area contributed by atoms with Gasteiger partial charge >= 0.3 is 0 Å². The van der Waals surface area contributed by atoms with E-state index >= 15 is 0 Å². The lowest BCUT2D eigenvalue weighted by molar-refractivity contribution is 0.0769. The van der Waals surface area contributed by atoms with Crippen molar-refractivity contribution in [2.24, 2.45) is 0 Å². The van der Waals surface area contributed by atoms with Crippen molar-refractivity contribution < 1.29 is 13.9 Å². The molecule has 0 unspecified atom stereocenters. The van der Waals surface area contributed by atoms with Crippen LogP contribution in [-0.2, 0) is 0 Å². The van der Waals surface area contributed by atoms with Crippen LogP contribution in [-0.4, -0.2) is 36.0 Å². The summed E-state index contributed by atoms with van der Waals surface area (Å²) >= 11 is 1.25. The van der Waals surface area contributed by atoms with E-state index in [1.807, 2.05) is 31.2 Å². The van der Waals surface area contributed by atoms with E-state index in [2.05, 4.69) is 4.98 Å². The quantitative estimate of drug-likeness (QED) is 0.645. The molecule has 0 atom stereocenters. The normalized spacial score (nSPS) is 10.6. The van der Waals surface area contributed by atoms with Gasteiger partial charge in [-0.05, 0) is 36.8 Å². The van der Waals surface area contributed by atoms with Gasteiger partial charge in [0.2, 0.25) is 0 Å². The first-order valence-electron chi connectivity index (χ1n) is 8.20. The van der Waals surface area contributed by atoms with Crippen molar-refractivity contribution in [2.75, 3.05) is 20.2 Å². The van der Waals surface area contributed by atoms with E-state index in [0.29, 0.717) is 29.4 Å². The van der Waals surface area contributed by atoms with Crippen molar-refractivity contribution in [3.63, 3.8) is 0 Å². The van der Waals surface area contributed by atoms with Gasteiger partial charge in [0.1, 0.15) is 28.9 Å². The lowest BCUT2D eigenvalue weighted by Gasteiger charge is -2.16. The highest BCUT2D eigenvalue weighted by Gasteiger charge is 2.17. The number of halogens is 1. The molecule has 1 amide bonds. The second-order valence-corrected chi connectivity index (χ2v) is 6.77. The van der Waals surface area contributed by atoms with Crippen LogP contribution in [0, 0.1) is 12.7 Å². The van der Waals surface area contributed by atoms with Crippen molar-refractivity contribution in [3.05, 3.63) is 71.0 Å². The summed E-state index contributed by atoms with van der Waals surface area (Å²) in [6.07, 6.45) is 0. The van der Waals surface area contributed by atoms with Crippen LogP contribution in [0.3, 0.4) is 0 Å². The molecule has 0 aliphatic carbocycles. The van der Waals surface area contributed by atoms with Crippen LogP contribution in [0.1, 0.15) is 16.1 Å². The Hall–Kier alpha value is -2.73. The van der Waals surface area contributed by atoms with Gasteiger partial charge in [-0.3, -0.25) is 4.79 Å². The molecule has 3 aromatic rings. The summed E-state index contributed by atoms with van der Waals surface area (Å²) in [6.45, 7) is 2.81. The van der Waals surface area contributed by atoms with E-state index in [4.69, 9.17) is 4.74 Å². The molecule has 0 bridgehead atoms. The first kappa shape index (κ1) is 18.1. The molecule has 26 heavy (non-hydrogen) atoms. The second kappa shape index (κ2) is 8.10. The topological polar surface area (TPSA) is 42.4 Å². The molecular formula is C20H19FN2O2S. The average Bonchev–Trinajstić information content (AvgIpc) is 3.11. The smallest absolute Gasteiger partial charge is 0.273 e. The minimum Gasteiger partial charge on any atom is -0.492 e. The summed E-state index contributed by atoms with van der Waals surface area (Å²) in [4.78, 5) is 18.3. The summed E-state index contributed by atoms with van der Waals surface area (Å²) in [6, 6.07) is 14.2. The zero-order chi connectivity index (χ0) is 18.5. The number of hydrogen-bond acceptors (Lipinski definition) is 4. The van der Waals surface area contributed by atoms with Crippen LogP contribution >= 0.6 is 11.3 Å². The lowest BCUT2D eigenvalue weighted by Crippen LogP contribution is -2.31. The van der Waals surface area contributed by atoms with Gasteiger partial charge in [0.15, 0.2) is 0 Å². The van der Waals surface area contributed by atoms with Crippen LogP contribution in [0.5, 0.6) is 5.75 Å². The molecule has 6 heteroatoms. The molecule has 0 aliphatic heterocycles. The third-order valence-electron chi connectivity index (χ3n) is 3.86. The number of thiazole rings is 1. The fraction of sp³-hybridized carbons (Fsp3) is 0.200. The van der Waals surface area contributed by atoms with Crippen molar-refractivity contribution in [1.82, 2.24) is 9.88 Å². The third kappa shape index (κ3) is 4.26. The number of carbonyl (C=O) groups is 1. The van der Waals surface area contributed by atoms with Gasteiger partial charge in [0.05, 0.1) is 6.54 Å². The highest BCUT2D eigenvalue weighted by molar-refractivity contribution is 7.13. The summed E-state index contributed by atoms with van der Waals surface area (Å²) in [5.74, 6) is 0.221. The van der Waals surface area contributed by atoms with E-state index in [1.165, 1.54) is 17.4 Å². The van der Waals surface area contributed by atoms with Crippen LogP contribution in [0.15, 0.2) is 53.9 Å². The SMILES string of the molecule is Cc1cccc(OCCN(C)C(=O)c2csc(-c3ccccc3F)n2)c1. The first-order chi connectivity index (χ1) is 12.5. The standard InChI is InChI=1S/C20H19FN2O2S/c1-14-6-5-7-15(12-14)25-11-10-23(2)20(24)18-13-26-19(22-18)16-8-3-4-9-17(16)21/h3-9,12-13H,10-11H2,1-2H3. The van der Waals surface area contributed by atoms with Crippen LogP contribution in [0.4, 0.5) is 4.39 Å². The van der Waals surface area contributed by atoms with Gasteiger partial charge in [-0.2, -0.15) is 0 Å². The van der Waals surface area contributed by atoms with Crippen LogP contribution < -0.4 is 4.74 Å². The highest BCUT2D eigenvalue weighted by Crippen LogP contribution is 2.26. The lowest BCUT2D eigenvalue weighted by atomic mass is 10.2. The first-order valence-corrected chi connectivity index (χ1v) is 9.08. The van der Waals surface area contributed by atoms with E-state index in [1.54, 1.807) is 35.5 Å². The number of benzene rings is 2. The summed E-state index contributed by atoms with van der Waals surface area (Å²) in [5, 5.41) is 2.15. The van der Waals surface area contributed by atoms with Crippen LogP contribution in [0.2, 0.25) is 0 Å². The molecule has 134 valence electrons. The molecule has 0 aliphatic rings. The second-order valence-electron chi connectivity index (χ2n) is 5.91. The van der Waals surface area contributed by atoms with Gasteiger partial charge in [0, 0.05) is 18.0 Å². The Bertz CT molecular complexity index is 910. The maximum Gasteiger partial charge on any atom is 0.273 e. The number of ether oxygens (including phenoxy) is 1. The zero-order valence-corrected chi connectivity index (χ0v) is 15.4. The van der Waals surface area contributed by atoms with Crippen molar-refractivity contribution >= 4 is 17.2 Å². The maximum absolute atomic E-state index is 13.9. The Morgan fingerprint density at radius 1 is 1.23 bits per heavy atom. The summed E-state index contributed by atoms with van der Waals surface area (Å²) in [7, 11) is 1.70. The van der Waals surface area contributed by atoms with Gasteiger partial charge in [0.25, 0.3) is 5.91 Å². The molecular weight excluding hydrogens is 351 g/mol. The van der Waals surface area contributed by atoms with Gasteiger partial charge in [-0.15, -0.1) is 11.3 Å². The molecule has 0 saturated heterocycles. The molecule has 0 fully saturated rings. The number of likely N-dealkylation sites (N-methyl/N-ethyl adjacent to an activating group) is 1. The Kier molecular flexibility index (Phi) is 5.63. The van der Waals surface area contributed by atoms with Crippen LogP contribution in [0.25, 0.3) is 10.6 Å². The van der Waals surface area contributed by atoms with E-state index in [0.717, 1.165) is 11.3 Å². The zero-order valence-electron chi connectivity index (χ0n) is 14.6. The van der Waals surface area contributed by atoms with Gasteiger partial charge < -0.3 is 9.64 Å². The molecule has 0 spiro atoms. The van der Waals surface area contributed by atoms with Crippen molar-refractivity contribution in [2.45, 2.75) is 6.92 Å². The molecule has 2 aromatic carbocycles. The largest absolute Gasteiger partial charge is 0.492 e. The molecule has 0 radical (unpaired) electrons. The Balaban J connectivity index is 1.59. The van der Waals surface area contributed by atoms with Crippen molar-refractivity contribution in [1.29, 1.82) is 0 Å². The number of amides is 1. The highest BCUT2D eigenvalue weighted by atomic mass is 32.1. The predicted octanol–water partition coefficient (Wildman–Crippen LogP) is 4.41. The molecule has 1 aromatic heterocycles. The molecule has 4 nitrogen and oxygen atoms in total. The molecule has 3 rings (SSSR count). The number of rotatable bonds is 6. The number of aryl methyl sites for hydroxylation is 1. The number of aromatic nitrogens is 1. The maximum atomic E-state index is 13.9. The predicted molar refractivity (Wildman–Crippen MR) is 101 cm³/mol. The van der Waals surface area contributed by atoms with E-state index < -0.39 is 0 Å². The minimum absolute atomic E-state index is 0.211. The van der Waals surface area contributed by atoms with Crippen molar-refractivity contribution in [3.8, 4) is 16.3 Å². The Labute approximate surface area is 155 Å². The fourth-order valence-corrected chi connectivity index (χ4v) is 3.25. The van der Waals surface area contributed by atoms with E-state index in [-0.39, 0.29) is 11.7 Å². The van der Waals surface area contributed by atoms with Gasteiger partial charge in [-0.1, -0.05) is 24.3 Å². The Morgan fingerprint density at radius 3 is 2.81 bits per heavy atom. The number of carbonyl (C=O) groups excluding carboxylic acids is 1. The monoisotopic (exact) mass is 370 g/mol. The fourth-order valence-electron chi connectivity index (χ4n) is 2.43. The molecule has 1 heterocycles. The third-order valence-corrected chi connectivity index (χ3v) is 4.73. The van der Waals surface area contributed by atoms with E-state index in [9.17, 15) is 9.18 Å². The minimum atomic E-state index is -0.347. The Morgan fingerprint density at radius 2 is 2.04 bits per heavy atom. The summed E-state index contributed by atoms with van der Waals surface area (Å²) < 4.78 is 19.5. The number of nitrogens with zero attached hydrogens (tertiary/aromatic N) is 2. The number of hydrogen-bond donors (Lipinski definition) is 0. The summed E-state index contributed by atoms with van der Waals surface area (Å²) in [5.41, 5.74) is 1.84. The van der Waals surface area contributed by atoms with Gasteiger partial charge in [-0.25, -0.2) is 9.37 Å². The average molecular weight is 370 g/mol. The molecule has 0 N–H and O–H groups in total. The molecule has 0 saturated carbocycles.